The van der Waals surface area contributed by atoms with Crippen LogP contribution >= 0.6 is 12.2 Å². The predicted molar refractivity (Wildman–Crippen MR) is 50.5 cm³/mol. The fraction of sp³-hybridized carbons (Fsp3) is 0. The lowest BCUT2D eigenvalue weighted by Gasteiger charge is -1.94. The summed E-state index contributed by atoms with van der Waals surface area (Å²) in [6.07, 6.45) is 0. The maximum Gasteiger partial charge on any atom is 0.0740 e. The fourth-order valence-corrected chi connectivity index (χ4v) is 0.860. The predicted octanol–water partition coefficient (Wildman–Crippen LogP) is 2.76. The molecule has 0 saturated heterocycles. The zero-order valence-electron chi connectivity index (χ0n) is 5.95. The van der Waals surface area contributed by atoms with Gasteiger partial charge >= 0.3 is 0 Å². The number of hydrogen-bond donors (Lipinski definition) is 0. The number of nitrogens with zero attached hydrogens (tertiary/aromatic N) is 1. The van der Waals surface area contributed by atoms with Crippen LogP contribution in [0.3, 0.4) is 0 Å². The molecule has 0 radical (unpaired) electrons. The second kappa shape index (κ2) is 3.81. The molecule has 0 saturated carbocycles. The normalized spacial score (nSPS) is 8.36. The first kappa shape index (κ1) is 7.86. The molecule has 1 rings (SSSR count). The van der Waals surface area contributed by atoms with Gasteiger partial charge in [0.15, 0.2) is 0 Å². The van der Waals surface area contributed by atoms with Gasteiger partial charge in [-0.2, -0.15) is 4.99 Å². The van der Waals surface area contributed by atoms with Crippen molar-refractivity contribution in [2.24, 2.45) is 4.99 Å². The number of aliphatic imine (C=N–C) groups is 1. The fourth-order valence-electron chi connectivity index (χ4n) is 0.750. The van der Waals surface area contributed by atoms with Crippen molar-refractivity contribution in [2.45, 2.75) is 0 Å². The van der Waals surface area contributed by atoms with Gasteiger partial charge in [-0.05, 0) is 12.2 Å². The van der Waals surface area contributed by atoms with Gasteiger partial charge in [0.2, 0.25) is 0 Å². The Bertz CT molecular complexity index is 297. The van der Waals surface area contributed by atoms with E-state index in [4.69, 9.17) is 0 Å². The number of thiocarbonyl (C=S) groups is 1. The first-order valence-electron chi connectivity index (χ1n) is 3.17. The van der Waals surface area contributed by atoms with E-state index in [1.165, 1.54) is 0 Å². The summed E-state index contributed by atoms with van der Waals surface area (Å²) in [5.41, 5.74) is 1.63. The highest BCUT2D eigenvalue weighted by atomic mass is 32.1. The Balaban J connectivity index is 2.94. The van der Waals surface area contributed by atoms with Crippen LogP contribution in [0.4, 0.5) is 0 Å². The number of benzene rings is 1. The average molecular weight is 161 g/mol. The number of isothiocyanates is 1. The van der Waals surface area contributed by atoms with E-state index in [1.807, 2.05) is 30.3 Å². The van der Waals surface area contributed by atoms with E-state index >= 15 is 0 Å². The van der Waals surface area contributed by atoms with Crippen molar-refractivity contribution >= 4 is 23.1 Å². The zero-order valence-corrected chi connectivity index (χ0v) is 6.77. The molecular weight excluding hydrogens is 154 g/mol. The van der Waals surface area contributed by atoms with Gasteiger partial charge < -0.3 is 0 Å². The van der Waals surface area contributed by atoms with Gasteiger partial charge in [0.25, 0.3) is 0 Å². The first-order valence-corrected chi connectivity index (χ1v) is 3.57. The second-order valence-corrected chi connectivity index (χ2v) is 2.20. The molecule has 0 heterocycles. The van der Waals surface area contributed by atoms with Gasteiger partial charge in [0.1, 0.15) is 0 Å². The number of rotatable bonds is 2. The highest BCUT2D eigenvalue weighted by Gasteiger charge is 1.91. The summed E-state index contributed by atoms with van der Waals surface area (Å²) in [5, 5.41) is 2.27. The second-order valence-electron chi connectivity index (χ2n) is 2.02. The van der Waals surface area contributed by atoms with E-state index in [1.54, 1.807) is 0 Å². The summed E-state index contributed by atoms with van der Waals surface area (Å²) in [5.74, 6) is 0. The maximum atomic E-state index is 4.45. The summed E-state index contributed by atoms with van der Waals surface area (Å²) >= 11 is 4.45. The Morgan fingerprint density at radius 1 is 1.36 bits per heavy atom. The molecule has 0 bridgehead atoms. The first-order chi connectivity index (χ1) is 5.34. The Morgan fingerprint density at radius 2 is 2.00 bits per heavy atom. The van der Waals surface area contributed by atoms with Gasteiger partial charge in [0, 0.05) is 5.56 Å². The van der Waals surface area contributed by atoms with Crippen LogP contribution in [0.5, 0.6) is 0 Å². The van der Waals surface area contributed by atoms with Gasteiger partial charge in [-0.25, -0.2) is 0 Å². The third-order valence-electron chi connectivity index (χ3n) is 1.29. The quantitative estimate of drug-likeness (QED) is 0.480. The zero-order chi connectivity index (χ0) is 8.10. The molecule has 0 aliphatic carbocycles. The minimum atomic E-state index is 0.653. The van der Waals surface area contributed by atoms with Crippen LogP contribution < -0.4 is 0 Å². The molecule has 0 amide bonds. The Morgan fingerprint density at radius 3 is 2.55 bits per heavy atom. The monoisotopic (exact) mass is 161 g/mol. The van der Waals surface area contributed by atoms with Gasteiger partial charge in [0.05, 0.1) is 10.9 Å². The summed E-state index contributed by atoms with van der Waals surface area (Å²) < 4.78 is 0. The summed E-state index contributed by atoms with van der Waals surface area (Å²) in [6, 6.07) is 9.66. The summed E-state index contributed by atoms with van der Waals surface area (Å²) in [7, 11) is 0. The summed E-state index contributed by atoms with van der Waals surface area (Å²) in [4.78, 5) is 3.77. The highest BCUT2D eigenvalue weighted by Crippen LogP contribution is 2.11. The van der Waals surface area contributed by atoms with Crippen LogP contribution in [0.25, 0.3) is 5.70 Å². The molecule has 1 aromatic carbocycles. The van der Waals surface area contributed by atoms with Gasteiger partial charge in [-0.1, -0.05) is 36.9 Å². The summed E-state index contributed by atoms with van der Waals surface area (Å²) in [6.45, 7) is 3.72. The molecule has 0 unspecified atom stereocenters. The van der Waals surface area contributed by atoms with Gasteiger partial charge in [-0.3, -0.25) is 0 Å². The average Bonchev–Trinajstić information content (AvgIpc) is 2.07. The van der Waals surface area contributed by atoms with Crippen molar-refractivity contribution < 1.29 is 0 Å². The molecular formula is C9H7NS. The van der Waals surface area contributed by atoms with Crippen LogP contribution in [0, 0.1) is 0 Å². The molecule has 1 aromatic rings. The molecule has 11 heavy (non-hydrogen) atoms. The molecule has 0 atom stereocenters. The standard InChI is InChI=1S/C9H7NS/c1-8(10-7-11)9-5-3-2-4-6-9/h2-6H,1H2. The number of hydrogen-bond acceptors (Lipinski definition) is 2. The van der Waals surface area contributed by atoms with Crippen molar-refractivity contribution in [1.82, 2.24) is 0 Å². The van der Waals surface area contributed by atoms with Crippen molar-refractivity contribution in [3.63, 3.8) is 0 Å². The molecule has 0 fully saturated rings. The van der Waals surface area contributed by atoms with E-state index in [0.717, 1.165) is 5.56 Å². The van der Waals surface area contributed by atoms with E-state index in [9.17, 15) is 0 Å². The third-order valence-corrected chi connectivity index (χ3v) is 1.38. The molecule has 0 aliphatic rings. The SMILES string of the molecule is C=C(N=C=S)c1ccccc1. The Hall–Kier alpha value is -1.24. The van der Waals surface area contributed by atoms with Crippen LogP contribution in [-0.2, 0) is 0 Å². The minimum Gasteiger partial charge on any atom is -0.195 e. The molecule has 0 spiro atoms. The molecule has 54 valence electrons. The van der Waals surface area contributed by atoms with E-state index < -0.39 is 0 Å². The van der Waals surface area contributed by atoms with Crippen LogP contribution in [0.2, 0.25) is 0 Å². The lowest BCUT2D eigenvalue weighted by atomic mass is 10.2. The van der Waals surface area contributed by atoms with E-state index in [0.29, 0.717) is 5.70 Å². The lowest BCUT2D eigenvalue weighted by Crippen LogP contribution is -1.75. The Kier molecular flexibility index (Phi) is 2.73. The maximum absolute atomic E-state index is 4.45. The van der Waals surface area contributed by atoms with Crippen LogP contribution in [-0.4, -0.2) is 5.16 Å². The molecule has 1 nitrogen and oxygen atoms in total. The third kappa shape index (κ3) is 2.11. The molecule has 2 heteroatoms. The minimum absolute atomic E-state index is 0.653. The molecule has 0 aromatic heterocycles. The molecule has 0 N–H and O–H groups in total. The Labute approximate surface area is 71.1 Å². The van der Waals surface area contributed by atoms with Gasteiger partial charge in [-0.15, -0.1) is 0 Å². The highest BCUT2D eigenvalue weighted by molar-refractivity contribution is 7.78. The van der Waals surface area contributed by atoms with E-state index in [2.05, 4.69) is 29.0 Å². The smallest absolute Gasteiger partial charge is 0.0740 e. The van der Waals surface area contributed by atoms with Crippen molar-refractivity contribution in [1.29, 1.82) is 0 Å². The van der Waals surface area contributed by atoms with E-state index in [-0.39, 0.29) is 0 Å². The van der Waals surface area contributed by atoms with Crippen LogP contribution in [0.1, 0.15) is 5.56 Å². The van der Waals surface area contributed by atoms with Crippen molar-refractivity contribution in [3.05, 3.63) is 42.5 Å². The van der Waals surface area contributed by atoms with Crippen molar-refractivity contribution in [2.75, 3.05) is 0 Å². The van der Waals surface area contributed by atoms with Crippen LogP contribution in [0.15, 0.2) is 41.9 Å². The topological polar surface area (TPSA) is 12.4 Å². The van der Waals surface area contributed by atoms with Crippen molar-refractivity contribution in [3.8, 4) is 0 Å². The largest absolute Gasteiger partial charge is 0.195 e. The lowest BCUT2D eigenvalue weighted by molar-refractivity contribution is 1.54. The molecule has 0 aliphatic heterocycles.